The molecule has 3 rings (SSSR count). The molecular formula is C13H16F2N2O2. The van der Waals surface area contributed by atoms with E-state index in [9.17, 15) is 13.6 Å². The molecule has 0 spiro atoms. The van der Waals surface area contributed by atoms with Gasteiger partial charge in [0.1, 0.15) is 6.61 Å². The summed E-state index contributed by atoms with van der Waals surface area (Å²) >= 11 is 0. The van der Waals surface area contributed by atoms with Gasteiger partial charge < -0.3 is 10.1 Å². The van der Waals surface area contributed by atoms with Crippen molar-refractivity contribution in [2.24, 2.45) is 5.92 Å². The lowest BCUT2D eigenvalue weighted by molar-refractivity contribution is 0.0651. The molecule has 1 atom stereocenters. The molecule has 104 valence electrons. The fourth-order valence-electron chi connectivity index (χ4n) is 2.38. The second kappa shape index (κ2) is 4.51. The van der Waals surface area contributed by atoms with E-state index in [0.29, 0.717) is 6.54 Å². The quantitative estimate of drug-likeness (QED) is 0.836. The average Bonchev–Trinajstić information content (AvgIpc) is 3.03. The fraction of sp³-hybridized carbons (Fsp3) is 0.615. The number of nitrogens with one attached hydrogen (secondary N) is 1. The van der Waals surface area contributed by atoms with Gasteiger partial charge >= 0.3 is 6.09 Å². The van der Waals surface area contributed by atoms with Gasteiger partial charge in [0, 0.05) is 24.9 Å². The Morgan fingerprint density at radius 1 is 1.58 bits per heavy atom. The normalized spacial score (nSPS) is 27.7. The van der Waals surface area contributed by atoms with Crippen LogP contribution in [0.3, 0.4) is 0 Å². The van der Waals surface area contributed by atoms with E-state index in [1.165, 1.54) is 10.5 Å². The first kappa shape index (κ1) is 12.4. The Morgan fingerprint density at radius 2 is 2.37 bits per heavy atom. The summed E-state index contributed by atoms with van der Waals surface area (Å²) in [6, 6.07) is 0. The highest BCUT2D eigenvalue weighted by atomic mass is 19.3. The highest BCUT2D eigenvalue weighted by Gasteiger charge is 2.57. The summed E-state index contributed by atoms with van der Waals surface area (Å²) in [5, 5.41) is 3.27. The minimum Gasteiger partial charge on any atom is -0.449 e. The Balaban J connectivity index is 1.52. The van der Waals surface area contributed by atoms with Crippen molar-refractivity contribution in [2.75, 3.05) is 19.7 Å². The topological polar surface area (TPSA) is 41.6 Å². The number of ether oxygens (including phenoxy) is 1. The maximum Gasteiger partial charge on any atom is 0.414 e. The summed E-state index contributed by atoms with van der Waals surface area (Å²) in [4.78, 5) is 13.2. The monoisotopic (exact) mass is 270 g/mol. The van der Waals surface area contributed by atoms with Crippen molar-refractivity contribution in [1.29, 1.82) is 0 Å². The molecule has 1 fully saturated rings. The summed E-state index contributed by atoms with van der Waals surface area (Å²) in [5.74, 6) is -3.43. The van der Waals surface area contributed by atoms with Crippen molar-refractivity contribution in [1.82, 2.24) is 10.2 Å². The molecule has 2 aliphatic heterocycles. The highest BCUT2D eigenvalue weighted by molar-refractivity contribution is 5.70. The molecular weight excluding hydrogens is 254 g/mol. The summed E-state index contributed by atoms with van der Waals surface area (Å²) in [7, 11) is 0. The minimum atomic E-state index is -2.64. The summed E-state index contributed by atoms with van der Waals surface area (Å²) < 4.78 is 30.3. The third-order valence-corrected chi connectivity index (χ3v) is 3.73. The zero-order valence-corrected chi connectivity index (χ0v) is 10.5. The standard InChI is InChI=1S/C13H16F2N2O2/c14-13(15)6-10(13)8-19-12(18)17-5-3-11-9(7-17)2-1-4-16-11/h3,5,10,16H,1-2,4,6-8H2. The van der Waals surface area contributed by atoms with E-state index in [2.05, 4.69) is 5.32 Å². The third-order valence-electron chi connectivity index (χ3n) is 3.73. The Hall–Kier alpha value is -1.59. The van der Waals surface area contributed by atoms with Crippen LogP contribution in [0.1, 0.15) is 19.3 Å². The lowest BCUT2D eigenvalue weighted by Crippen LogP contribution is -2.35. The lowest BCUT2D eigenvalue weighted by Gasteiger charge is -2.28. The van der Waals surface area contributed by atoms with Gasteiger partial charge in [-0.05, 0) is 24.5 Å². The lowest BCUT2D eigenvalue weighted by atomic mass is 10.0. The smallest absolute Gasteiger partial charge is 0.414 e. The number of amides is 1. The van der Waals surface area contributed by atoms with Gasteiger partial charge in [-0.3, -0.25) is 4.90 Å². The Kier molecular flexibility index (Phi) is 2.95. The number of allylic oxidation sites excluding steroid dienone is 1. The molecule has 0 aromatic heterocycles. The second-order valence-electron chi connectivity index (χ2n) is 5.23. The van der Waals surface area contributed by atoms with Crippen LogP contribution >= 0.6 is 0 Å². The van der Waals surface area contributed by atoms with Crippen LogP contribution < -0.4 is 5.32 Å². The van der Waals surface area contributed by atoms with E-state index in [1.54, 1.807) is 6.20 Å². The van der Waals surface area contributed by atoms with Crippen LogP contribution in [0.25, 0.3) is 0 Å². The predicted octanol–water partition coefficient (Wildman–Crippen LogP) is 2.25. The molecule has 1 amide bonds. The molecule has 0 aromatic carbocycles. The molecule has 2 heterocycles. The first-order valence-corrected chi connectivity index (χ1v) is 6.51. The van der Waals surface area contributed by atoms with Gasteiger partial charge in [-0.25, -0.2) is 13.6 Å². The molecule has 1 aliphatic carbocycles. The number of nitrogens with zero attached hydrogens (tertiary/aromatic N) is 1. The van der Waals surface area contributed by atoms with Crippen LogP contribution in [-0.4, -0.2) is 36.6 Å². The first-order chi connectivity index (χ1) is 9.06. The van der Waals surface area contributed by atoms with Crippen LogP contribution in [-0.2, 0) is 4.74 Å². The number of hydrogen-bond acceptors (Lipinski definition) is 3. The van der Waals surface area contributed by atoms with Crippen LogP contribution in [0.4, 0.5) is 13.6 Å². The van der Waals surface area contributed by atoms with Gasteiger partial charge in [-0.1, -0.05) is 0 Å². The molecule has 3 aliphatic rings. The van der Waals surface area contributed by atoms with Crippen molar-refractivity contribution in [3.8, 4) is 0 Å². The number of alkyl halides is 2. The largest absolute Gasteiger partial charge is 0.449 e. The number of carbonyl (C=O) groups excluding carboxylic acids is 1. The predicted molar refractivity (Wildman–Crippen MR) is 64.5 cm³/mol. The van der Waals surface area contributed by atoms with Gasteiger partial charge in [0.25, 0.3) is 5.92 Å². The van der Waals surface area contributed by atoms with E-state index in [4.69, 9.17) is 4.74 Å². The van der Waals surface area contributed by atoms with Gasteiger partial charge in [-0.15, -0.1) is 0 Å². The number of carbonyl (C=O) groups is 1. The van der Waals surface area contributed by atoms with Crippen LogP contribution in [0.5, 0.6) is 0 Å². The second-order valence-corrected chi connectivity index (χ2v) is 5.23. The number of hydrogen-bond donors (Lipinski definition) is 1. The molecule has 1 unspecified atom stereocenters. The summed E-state index contributed by atoms with van der Waals surface area (Å²) in [5.41, 5.74) is 2.24. The molecule has 6 heteroatoms. The first-order valence-electron chi connectivity index (χ1n) is 6.51. The van der Waals surface area contributed by atoms with Crippen molar-refractivity contribution >= 4 is 6.09 Å². The molecule has 4 nitrogen and oxygen atoms in total. The molecule has 19 heavy (non-hydrogen) atoms. The zero-order chi connectivity index (χ0) is 13.5. The van der Waals surface area contributed by atoms with E-state index in [0.717, 1.165) is 25.1 Å². The molecule has 0 aromatic rings. The van der Waals surface area contributed by atoms with Crippen molar-refractivity contribution in [3.05, 3.63) is 23.5 Å². The molecule has 1 N–H and O–H groups in total. The highest BCUT2D eigenvalue weighted by Crippen LogP contribution is 2.48. The zero-order valence-electron chi connectivity index (χ0n) is 10.5. The van der Waals surface area contributed by atoms with E-state index in [1.807, 2.05) is 6.08 Å². The third kappa shape index (κ3) is 2.57. The molecule has 0 radical (unpaired) electrons. The molecule has 1 saturated carbocycles. The Labute approximate surface area is 110 Å². The van der Waals surface area contributed by atoms with Crippen molar-refractivity contribution < 1.29 is 18.3 Å². The number of halogens is 2. The van der Waals surface area contributed by atoms with E-state index in [-0.39, 0.29) is 13.0 Å². The summed E-state index contributed by atoms with van der Waals surface area (Å²) in [6.07, 6.45) is 4.77. The fourth-order valence-corrected chi connectivity index (χ4v) is 2.38. The van der Waals surface area contributed by atoms with E-state index >= 15 is 0 Å². The Morgan fingerprint density at radius 3 is 3.11 bits per heavy atom. The average molecular weight is 270 g/mol. The van der Waals surface area contributed by atoms with Gasteiger partial charge in [0.15, 0.2) is 0 Å². The summed E-state index contributed by atoms with van der Waals surface area (Å²) in [6.45, 7) is 1.24. The van der Waals surface area contributed by atoms with Gasteiger partial charge in [0.05, 0.1) is 12.5 Å². The SMILES string of the molecule is O=C(OCC1CC1(F)F)N1C=CC2=C(CCCN2)C1. The van der Waals surface area contributed by atoms with Gasteiger partial charge in [0.2, 0.25) is 0 Å². The van der Waals surface area contributed by atoms with Crippen molar-refractivity contribution in [2.45, 2.75) is 25.2 Å². The van der Waals surface area contributed by atoms with Crippen LogP contribution in [0, 0.1) is 5.92 Å². The van der Waals surface area contributed by atoms with Gasteiger partial charge in [-0.2, -0.15) is 0 Å². The maximum absolute atomic E-state index is 12.7. The van der Waals surface area contributed by atoms with Crippen LogP contribution in [0.15, 0.2) is 23.5 Å². The maximum atomic E-state index is 12.7. The Bertz CT molecular complexity index is 460. The van der Waals surface area contributed by atoms with Crippen LogP contribution in [0.2, 0.25) is 0 Å². The molecule has 0 saturated heterocycles. The molecule has 0 bridgehead atoms. The van der Waals surface area contributed by atoms with Crippen molar-refractivity contribution in [3.63, 3.8) is 0 Å². The minimum absolute atomic E-state index is 0.171. The number of rotatable bonds is 2. The van der Waals surface area contributed by atoms with E-state index < -0.39 is 17.9 Å².